The van der Waals surface area contributed by atoms with Crippen LogP contribution in [0.2, 0.25) is 0 Å². The van der Waals surface area contributed by atoms with Crippen LogP contribution in [-0.2, 0) is 19.9 Å². The molecule has 1 aromatic rings. The third-order valence-electron chi connectivity index (χ3n) is 2.04. The quantitative estimate of drug-likeness (QED) is 0.728. The van der Waals surface area contributed by atoms with Crippen LogP contribution in [0, 0.1) is 5.82 Å². The largest absolute Gasteiger partial charge is 0.396 e. The molecule has 0 radical (unpaired) electrons. The van der Waals surface area contributed by atoms with Gasteiger partial charge in [0.2, 0.25) is 10.0 Å². The summed E-state index contributed by atoms with van der Waals surface area (Å²) in [7, 11) is -7.14. The highest BCUT2D eigenvalue weighted by molar-refractivity contribution is 7.91. The summed E-state index contributed by atoms with van der Waals surface area (Å²) in [6.45, 7) is -0.252. The van der Waals surface area contributed by atoms with Gasteiger partial charge < -0.3 is 5.73 Å². The first-order valence-electron chi connectivity index (χ1n) is 4.84. The fourth-order valence-corrected chi connectivity index (χ4v) is 2.80. The summed E-state index contributed by atoms with van der Waals surface area (Å²) in [6, 6.07) is 2.95. The van der Waals surface area contributed by atoms with E-state index < -0.39 is 25.7 Å². The first-order valence-corrected chi connectivity index (χ1v) is 8.38. The molecule has 1 aromatic carbocycles. The summed E-state index contributed by atoms with van der Waals surface area (Å²) in [5.74, 6) is -1.03. The van der Waals surface area contributed by atoms with Crippen LogP contribution in [0.25, 0.3) is 0 Å². The summed E-state index contributed by atoms with van der Waals surface area (Å²) in [5.41, 5.74) is 4.96. The zero-order chi connectivity index (χ0) is 14.0. The highest BCUT2D eigenvalue weighted by Gasteiger charge is 2.15. The Balaban J connectivity index is 2.84. The van der Waals surface area contributed by atoms with Crippen LogP contribution < -0.4 is 10.5 Å². The molecule has 0 aliphatic heterocycles. The molecule has 0 heterocycles. The molecule has 18 heavy (non-hydrogen) atoms. The lowest BCUT2D eigenvalue weighted by Gasteiger charge is -2.07. The Hall–Kier alpha value is -1.19. The number of hydrogen-bond acceptors (Lipinski definition) is 5. The average molecular weight is 296 g/mol. The van der Waals surface area contributed by atoms with Crippen LogP contribution in [0.3, 0.4) is 0 Å². The van der Waals surface area contributed by atoms with Crippen molar-refractivity contribution in [3.63, 3.8) is 0 Å². The second kappa shape index (κ2) is 5.21. The van der Waals surface area contributed by atoms with E-state index in [1.807, 2.05) is 0 Å². The highest BCUT2D eigenvalue weighted by atomic mass is 32.2. The summed E-state index contributed by atoms with van der Waals surface area (Å²) in [4.78, 5) is -0.213. The Morgan fingerprint density at radius 3 is 2.39 bits per heavy atom. The Morgan fingerprint density at radius 1 is 1.28 bits per heavy atom. The van der Waals surface area contributed by atoms with Crippen molar-refractivity contribution in [1.82, 2.24) is 4.72 Å². The molecule has 1 rings (SSSR count). The van der Waals surface area contributed by atoms with Crippen LogP contribution in [0.4, 0.5) is 10.1 Å². The summed E-state index contributed by atoms with van der Waals surface area (Å²) < 4.78 is 60.1. The minimum absolute atomic E-state index is 0.213. The number of hydrogen-bond donors (Lipinski definition) is 2. The van der Waals surface area contributed by atoms with Crippen LogP contribution in [0.1, 0.15) is 0 Å². The van der Waals surface area contributed by atoms with Crippen molar-refractivity contribution in [2.45, 2.75) is 4.90 Å². The topological polar surface area (TPSA) is 106 Å². The van der Waals surface area contributed by atoms with Gasteiger partial charge in [-0.3, -0.25) is 0 Å². The number of benzene rings is 1. The second-order valence-corrected chi connectivity index (χ2v) is 7.74. The number of halogens is 1. The van der Waals surface area contributed by atoms with Crippen molar-refractivity contribution in [2.75, 3.05) is 24.3 Å². The number of anilines is 1. The first-order chi connectivity index (χ1) is 8.12. The Morgan fingerprint density at radius 2 is 1.89 bits per heavy atom. The molecule has 0 fully saturated rings. The van der Waals surface area contributed by atoms with Gasteiger partial charge in [-0.1, -0.05) is 0 Å². The minimum Gasteiger partial charge on any atom is -0.396 e. The summed E-state index contributed by atoms with van der Waals surface area (Å²) >= 11 is 0. The van der Waals surface area contributed by atoms with Gasteiger partial charge in [0.15, 0.2) is 0 Å². The van der Waals surface area contributed by atoms with Gasteiger partial charge in [0, 0.05) is 12.8 Å². The molecule has 9 heteroatoms. The lowest BCUT2D eigenvalue weighted by molar-refractivity contribution is 0.581. The highest BCUT2D eigenvalue weighted by Crippen LogP contribution is 2.16. The predicted molar refractivity (Wildman–Crippen MR) is 65.7 cm³/mol. The predicted octanol–water partition coefficient (Wildman–Crippen LogP) is -0.269. The minimum atomic E-state index is -3.88. The molecule has 102 valence electrons. The molecule has 0 saturated heterocycles. The second-order valence-electron chi connectivity index (χ2n) is 3.71. The Labute approximate surface area is 105 Å². The van der Waals surface area contributed by atoms with E-state index in [4.69, 9.17) is 5.73 Å². The van der Waals surface area contributed by atoms with E-state index in [1.54, 1.807) is 0 Å². The van der Waals surface area contributed by atoms with Gasteiger partial charge in [0.1, 0.15) is 15.7 Å². The van der Waals surface area contributed by atoms with Crippen molar-refractivity contribution in [2.24, 2.45) is 0 Å². The zero-order valence-electron chi connectivity index (χ0n) is 9.55. The molecule has 0 amide bonds. The SMILES string of the molecule is CS(=O)(=O)CCNS(=O)(=O)c1ccc(F)c(N)c1. The van der Waals surface area contributed by atoms with Crippen LogP contribution >= 0.6 is 0 Å². The van der Waals surface area contributed by atoms with Gasteiger partial charge in [-0.05, 0) is 18.2 Å². The lowest BCUT2D eigenvalue weighted by atomic mass is 10.3. The first kappa shape index (κ1) is 14.9. The monoisotopic (exact) mass is 296 g/mol. The number of nitrogens with two attached hydrogens (primary N) is 1. The standard InChI is InChI=1S/C9H13FN2O4S2/c1-17(13,14)5-4-12-18(15,16)7-2-3-8(10)9(11)6-7/h2-3,6,12H,4-5,11H2,1H3. The molecule has 0 atom stereocenters. The van der Waals surface area contributed by atoms with E-state index in [9.17, 15) is 21.2 Å². The van der Waals surface area contributed by atoms with E-state index in [0.717, 1.165) is 24.5 Å². The number of nitrogen functional groups attached to an aromatic ring is 1. The molecule has 0 unspecified atom stereocenters. The van der Waals surface area contributed by atoms with E-state index in [2.05, 4.69) is 4.72 Å². The molecule has 0 aromatic heterocycles. The van der Waals surface area contributed by atoms with Crippen molar-refractivity contribution < 1.29 is 21.2 Å². The van der Waals surface area contributed by atoms with Crippen molar-refractivity contribution in [1.29, 1.82) is 0 Å². The van der Waals surface area contributed by atoms with E-state index in [0.29, 0.717) is 0 Å². The van der Waals surface area contributed by atoms with Gasteiger partial charge in [0.25, 0.3) is 0 Å². The zero-order valence-corrected chi connectivity index (χ0v) is 11.2. The fourth-order valence-electron chi connectivity index (χ4n) is 1.13. The van der Waals surface area contributed by atoms with Gasteiger partial charge in [-0.25, -0.2) is 25.9 Å². The van der Waals surface area contributed by atoms with E-state index >= 15 is 0 Å². The lowest BCUT2D eigenvalue weighted by Crippen LogP contribution is -2.29. The summed E-state index contributed by atoms with van der Waals surface area (Å²) in [5, 5.41) is 0. The van der Waals surface area contributed by atoms with Crippen molar-refractivity contribution in [3.05, 3.63) is 24.0 Å². The molecule has 0 bridgehead atoms. The molecule has 6 nitrogen and oxygen atoms in total. The van der Waals surface area contributed by atoms with Crippen LogP contribution in [-0.4, -0.2) is 35.4 Å². The smallest absolute Gasteiger partial charge is 0.240 e. The van der Waals surface area contributed by atoms with E-state index in [1.165, 1.54) is 0 Å². The molecule has 0 aliphatic rings. The maximum Gasteiger partial charge on any atom is 0.240 e. The molecular weight excluding hydrogens is 283 g/mol. The molecule has 0 aliphatic carbocycles. The molecular formula is C9H13FN2O4S2. The van der Waals surface area contributed by atoms with Gasteiger partial charge in [-0.2, -0.15) is 0 Å². The normalized spacial score (nSPS) is 12.6. The van der Waals surface area contributed by atoms with Crippen molar-refractivity contribution in [3.8, 4) is 0 Å². The van der Waals surface area contributed by atoms with E-state index in [-0.39, 0.29) is 22.9 Å². The maximum atomic E-state index is 12.9. The van der Waals surface area contributed by atoms with Crippen molar-refractivity contribution >= 4 is 25.5 Å². The van der Waals surface area contributed by atoms with Crippen LogP contribution in [0.15, 0.2) is 23.1 Å². The van der Waals surface area contributed by atoms with Crippen LogP contribution in [0.5, 0.6) is 0 Å². The number of sulfonamides is 1. The van der Waals surface area contributed by atoms with Gasteiger partial charge in [-0.15, -0.1) is 0 Å². The average Bonchev–Trinajstić information content (AvgIpc) is 2.19. The Kier molecular flexibility index (Phi) is 4.30. The summed E-state index contributed by atoms with van der Waals surface area (Å²) in [6.07, 6.45) is 0.997. The van der Waals surface area contributed by atoms with Gasteiger partial charge in [0.05, 0.1) is 16.3 Å². The fraction of sp³-hybridized carbons (Fsp3) is 0.333. The number of sulfone groups is 1. The number of rotatable bonds is 5. The maximum absolute atomic E-state index is 12.9. The molecule has 3 N–H and O–H groups in total. The number of nitrogens with one attached hydrogen (secondary N) is 1. The third-order valence-corrected chi connectivity index (χ3v) is 4.45. The van der Waals surface area contributed by atoms with Gasteiger partial charge >= 0.3 is 0 Å². The molecule has 0 saturated carbocycles. The molecule has 0 spiro atoms. The Bertz CT molecular complexity index is 641. The third kappa shape index (κ3) is 4.24.